The summed E-state index contributed by atoms with van der Waals surface area (Å²) in [5, 5.41) is 0. The number of hydrogen-bond donors (Lipinski definition) is 0. The standard InChI is InChI=1S/C21H25N3O/c25-20(21(10-6-11-21)18-7-2-1-3-8-18)24-15-13-23(14-16-24)17-19-9-4-5-12-22-19/h1-5,7-9,12H,6,10-11,13-17H2. The summed E-state index contributed by atoms with van der Waals surface area (Å²) in [7, 11) is 0. The predicted molar refractivity (Wildman–Crippen MR) is 98.1 cm³/mol. The van der Waals surface area contributed by atoms with Crippen molar-refractivity contribution in [2.75, 3.05) is 26.2 Å². The number of piperazine rings is 1. The van der Waals surface area contributed by atoms with Gasteiger partial charge in [-0.15, -0.1) is 0 Å². The van der Waals surface area contributed by atoms with Crippen LogP contribution < -0.4 is 0 Å². The number of carbonyl (C=O) groups excluding carboxylic acids is 1. The van der Waals surface area contributed by atoms with Crippen LogP contribution in [0.4, 0.5) is 0 Å². The monoisotopic (exact) mass is 335 g/mol. The van der Waals surface area contributed by atoms with Crippen molar-refractivity contribution in [3.8, 4) is 0 Å². The van der Waals surface area contributed by atoms with Gasteiger partial charge in [0.2, 0.25) is 5.91 Å². The number of benzene rings is 1. The highest BCUT2D eigenvalue weighted by molar-refractivity contribution is 5.89. The van der Waals surface area contributed by atoms with Crippen LogP contribution in [0.1, 0.15) is 30.5 Å². The Hall–Kier alpha value is -2.20. The fourth-order valence-electron chi connectivity index (χ4n) is 4.05. The fourth-order valence-corrected chi connectivity index (χ4v) is 4.05. The molecule has 130 valence electrons. The Morgan fingerprint density at radius 1 is 0.960 bits per heavy atom. The van der Waals surface area contributed by atoms with Crippen LogP contribution in [0.3, 0.4) is 0 Å². The van der Waals surface area contributed by atoms with E-state index in [9.17, 15) is 4.79 Å². The molecule has 1 saturated carbocycles. The molecule has 2 heterocycles. The van der Waals surface area contributed by atoms with Gasteiger partial charge in [0.1, 0.15) is 0 Å². The van der Waals surface area contributed by atoms with Crippen molar-refractivity contribution in [1.29, 1.82) is 0 Å². The lowest BCUT2D eigenvalue weighted by molar-refractivity contribution is -0.142. The van der Waals surface area contributed by atoms with Crippen LogP contribution in [0.5, 0.6) is 0 Å². The van der Waals surface area contributed by atoms with Crippen molar-refractivity contribution in [3.05, 3.63) is 66.0 Å². The van der Waals surface area contributed by atoms with Crippen LogP contribution in [-0.2, 0) is 16.8 Å². The van der Waals surface area contributed by atoms with Gasteiger partial charge >= 0.3 is 0 Å². The highest BCUT2D eigenvalue weighted by atomic mass is 16.2. The van der Waals surface area contributed by atoms with E-state index in [0.29, 0.717) is 5.91 Å². The third-order valence-electron chi connectivity index (χ3n) is 5.71. The number of pyridine rings is 1. The molecule has 0 N–H and O–H groups in total. The molecule has 0 atom stereocenters. The van der Waals surface area contributed by atoms with Gasteiger partial charge in [0.05, 0.1) is 11.1 Å². The maximum Gasteiger partial charge on any atom is 0.233 e. The zero-order valence-electron chi connectivity index (χ0n) is 14.6. The second-order valence-electron chi connectivity index (χ2n) is 7.19. The molecule has 0 unspecified atom stereocenters. The van der Waals surface area contributed by atoms with Crippen LogP contribution in [0, 0.1) is 0 Å². The second-order valence-corrected chi connectivity index (χ2v) is 7.19. The lowest BCUT2D eigenvalue weighted by Gasteiger charge is -2.46. The van der Waals surface area contributed by atoms with Crippen LogP contribution in [0.15, 0.2) is 54.7 Å². The van der Waals surface area contributed by atoms with E-state index in [4.69, 9.17) is 0 Å². The molecule has 2 aromatic rings. The average molecular weight is 335 g/mol. The highest BCUT2D eigenvalue weighted by Crippen LogP contribution is 2.45. The minimum atomic E-state index is -0.260. The first kappa shape index (κ1) is 16.3. The normalized spacial score (nSPS) is 20.1. The van der Waals surface area contributed by atoms with Gasteiger partial charge in [-0.1, -0.05) is 42.8 Å². The Kier molecular flexibility index (Phi) is 4.53. The first-order valence-corrected chi connectivity index (χ1v) is 9.25. The van der Waals surface area contributed by atoms with Crippen molar-refractivity contribution in [1.82, 2.24) is 14.8 Å². The first-order chi connectivity index (χ1) is 12.3. The molecule has 1 aromatic heterocycles. The summed E-state index contributed by atoms with van der Waals surface area (Å²) in [5.41, 5.74) is 2.04. The molecule has 0 spiro atoms. The molecular formula is C21H25N3O. The van der Waals surface area contributed by atoms with E-state index in [1.54, 1.807) is 0 Å². The van der Waals surface area contributed by atoms with E-state index in [2.05, 4.69) is 33.0 Å². The second kappa shape index (κ2) is 6.96. The summed E-state index contributed by atoms with van der Waals surface area (Å²) in [6.45, 7) is 4.35. The van der Waals surface area contributed by atoms with Crippen molar-refractivity contribution in [3.63, 3.8) is 0 Å². The molecule has 2 aliphatic rings. The molecule has 0 radical (unpaired) electrons. The van der Waals surface area contributed by atoms with E-state index >= 15 is 0 Å². The molecule has 1 saturated heterocycles. The van der Waals surface area contributed by atoms with E-state index in [1.807, 2.05) is 36.5 Å². The van der Waals surface area contributed by atoms with Gasteiger partial charge in [-0.25, -0.2) is 0 Å². The minimum Gasteiger partial charge on any atom is -0.339 e. The third-order valence-corrected chi connectivity index (χ3v) is 5.71. The van der Waals surface area contributed by atoms with Crippen LogP contribution in [0.2, 0.25) is 0 Å². The molecule has 1 aliphatic carbocycles. The van der Waals surface area contributed by atoms with E-state index in [-0.39, 0.29) is 5.41 Å². The number of amides is 1. The van der Waals surface area contributed by atoms with Crippen molar-refractivity contribution in [2.45, 2.75) is 31.2 Å². The van der Waals surface area contributed by atoms with Crippen molar-refractivity contribution in [2.24, 2.45) is 0 Å². The van der Waals surface area contributed by atoms with E-state index in [1.165, 1.54) is 5.56 Å². The zero-order valence-corrected chi connectivity index (χ0v) is 14.6. The average Bonchev–Trinajstić information content (AvgIpc) is 2.63. The van der Waals surface area contributed by atoms with E-state index in [0.717, 1.165) is 57.7 Å². The maximum atomic E-state index is 13.3. The summed E-state index contributed by atoms with van der Waals surface area (Å²) in [6, 6.07) is 16.4. The number of hydrogen-bond acceptors (Lipinski definition) is 3. The number of rotatable bonds is 4. The summed E-state index contributed by atoms with van der Waals surface area (Å²) < 4.78 is 0. The smallest absolute Gasteiger partial charge is 0.233 e. The zero-order chi connectivity index (χ0) is 17.1. The quantitative estimate of drug-likeness (QED) is 0.862. The molecule has 1 amide bonds. The number of carbonyl (C=O) groups is 1. The molecular weight excluding hydrogens is 310 g/mol. The molecule has 1 aliphatic heterocycles. The SMILES string of the molecule is O=C(N1CCN(Cc2ccccn2)CC1)C1(c2ccccc2)CCC1. The summed E-state index contributed by atoms with van der Waals surface area (Å²) in [6.07, 6.45) is 4.98. The van der Waals surface area contributed by atoms with Crippen LogP contribution in [-0.4, -0.2) is 46.9 Å². The Morgan fingerprint density at radius 3 is 2.28 bits per heavy atom. The van der Waals surface area contributed by atoms with Gasteiger partial charge in [0.25, 0.3) is 0 Å². The van der Waals surface area contributed by atoms with Gasteiger partial charge in [-0.05, 0) is 30.5 Å². The fraction of sp³-hybridized carbons (Fsp3) is 0.429. The Bertz CT molecular complexity index is 704. The first-order valence-electron chi connectivity index (χ1n) is 9.25. The lowest BCUT2D eigenvalue weighted by Crippen LogP contribution is -2.56. The summed E-state index contributed by atoms with van der Waals surface area (Å²) >= 11 is 0. The van der Waals surface area contributed by atoms with E-state index < -0.39 is 0 Å². The molecule has 4 heteroatoms. The molecule has 0 bridgehead atoms. The largest absolute Gasteiger partial charge is 0.339 e. The van der Waals surface area contributed by atoms with Crippen LogP contribution >= 0.6 is 0 Å². The molecule has 2 fully saturated rings. The minimum absolute atomic E-state index is 0.260. The van der Waals surface area contributed by atoms with Gasteiger partial charge in [0.15, 0.2) is 0 Å². The lowest BCUT2D eigenvalue weighted by atomic mass is 9.63. The van der Waals surface area contributed by atoms with Crippen LogP contribution in [0.25, 0.3) is 0 Å². The molecule has 4 rings (SSSR count). The third kappa shape index (κ3) is 3.19. The Morgan fingerprint density at radius 2 is 1.68 bits per heavy atom. The van der Waals surface area contributed by atoms with Gasteiger partial charge in [-0.2, -0.15) is 0 Å². The molecule has 1 aromatic carbocycles. The summed E-state index contributed by atoms with van der Waals surface area (Å²) in [5.74, 6) is 0.336. The number of aromatic nitrogens is 1. The molecule has 25 heavy (non-hydrogen) atoms. The van der Waals surface area contributed by atoms with Crippen molar-refractivity contribution < 1.29 is 4.79 Å². The maximum absolute atomic E-state index is 13.3. The van der Waals surface area contributed by atoms with Crippen molar-refractivity contribution >= 4 is 5.91 Å². The molecule has 4 nitrogen and oxygen atoms in total. The van der Waals surface area contributed by atoms with Gasteiger partial charge in [0, 0.05) is 38.9 Å². The van der Waals surface area contributed by atoms with Gasteiger partial charge < -0.3 is 4.90 Å². The summed E-state index contributed by atoms with van der Waals surface area (Å²) in [4.78, 5) is 22.1. The predicted octanol–water partition coefficient (Wildman–Crippen LogP) is 2.85. The van der Waals surface area contributed by atoms with Gasteiger partial charge in [-0.3, -0.25) is 14.7 Å². The highest BCUT2D eigenvalue weighted by Gasteiger charge is 2.47. The Labute approximate surface area is 149 Å². The topological polar surface area (TPSA) is 36.4 Å². The Balaban J connectivity index is 1.39. The number of nitrogens with zero attached hydrogens (tertiary/aromatic N) is 3.